The fourth-order valence-electron chi connectivity index (χ4n) is 4.84. The van der Waals surface area contributed by atoms with E-state index in [0.29, 0.717) is 19.5 Å². The predicted molar refractivity (Wildman–Crippen MR) is 186 cm³/mol. The number of hydrogen-bond acceptors (Lipinski definition) is 10. The molecule has 0 radical (unpaired) electrons. The van der Waals surface area contributed by atoms with Crippen LogP contribution in [0, 0.1) is 0 Å². The number of H-pyrrole nitrogens is 1. The zero-order valence-corrected chi connectivity index (χ0v) is 30.4. The monoisotopic (exact) mass is 760 g/mol. The van der Waals surface area contributed by atoms with Gasteiger partial charge in [-0.05, 0) is 19.3 Å². The molecule has 17 heteroatoms. The summed E-state index contributed by atoms with van der Waals surface area (Å²) in [5.74, 6) is -1.49. The Morgan fingerprint density at radius 2 is 1.24 bits per heavy atom. The number of halogens is 1. The van der Waals surface area contributed by atoms with Crippen LogP contribution in [0.15, 0.2) is 0 Å². The normalized spacial score (nSPS) is 11.5. The van der Waals surface area contributed by atoms with Crippen LogP contribution in [0.2, 0.25) is 0 Å². The second-order valence-electron chi connectivity index (χ2n) is 11.8. The molecule has 1 aromatic heterocycles. The largest absolute Gasteiger partial charge is 0.480 e. The van der Waals surface area contributed by atoms with E-state index in [1.807, 2.05) is 0 Å². The van der Waals surface area contributed by atoms with Crippen molar-refractivity contribution in [2.75, 3.05) is 51.4 Å². The first-order valence-corrected chi connectivity index (χ1v) is 18.7. The van der Waals surface area contributed by atoms with Crippen molar-refractivity contribution in [2.24, 2.45) is 0 Å². The standard InChI is InChI=1S/C32H57BrN8O8/c33-24-30(44)34-18-19-35-31(45)25-49-23-22-48-21-20-36-28(42)17-16-26(32(46)47)37-29(43)15-13-11-9-7-5-3-1-2-4-6-8-10-12-14-27-38-40-41-39-27/h26H,1-25H2,(H,34,44)(H,35,45)(H,36,42)(H,37,43)(H,46,47)(H,38,39,40,41)/t26-/m0/s1. The molecular formula is C32H57BrN8O8. The summed E-state index contributed by atoms with van der Waals surface area (Å²) in [6, 6.07) is -1.12. The molecule has 0 aromatic carbocycles. The predicted octanol–water partition coefficient (Wildman–Crippen LogP) is 2.33. The van der Waals surface area contributed by atoms with Crippen molar-refractivity contribution >= 4 is 45.5 Å². The van der Waals surface area contributed by atoms with Crippen molar-refractivity contribution in [3.05, 3.63) is 5.82 Å². The van der Waals surface area contributed by atoms with E-state index >= 15 is 0 Å². The maximum absolute atomic E-state index is 12.3. The van der Waals surface area contributed by atoms with Crippen molar-refractivity contribution in [3.8, 4) is 0 Å². The molecule has 1 aromatic rings. The van der Waals surface area contributed by atoms with E-state index < -0.39 is 12.0 Å². The lowest BCUT2D eigenvalue weighted by atomic mass is 10.0. The highest BCUT2D eigenvalue weighted by Crippen LogP contribution is 2.13. The van der Waals surface area contributed by atoms with Crippen LogP contribution in [0.4, 0.5) is 0 Å². The molecule has 280 valence electrons. The SMILES string of the molecule is O=C(CBr)NCCNC(=O)COCCOCCNC(=O)CC[C@H](NC(=O)CCCCCCCCCCCCCCCc1nn[nH]n1)C(=O)O. The Morgan fingerprint density at radius 3 is 1.84 bits per heavy atom. The molecule has 0 aliphatic rings. The minimum atomic E-state index is -1.17. The summed E-state index contributed by atoms with van der Waals surface area (Å²) in [7, 11) is 0. The number of unbranched alkanes of at least 4 members (excludes halogenated alkanes) is 12. The van der Waals surface area contributed by atoms with Gasteiger partial charge in [-0.1, -0.05) is 91.8 Å². The molecular weight excluding hydrogens is 704 g/mol. The lowest BCUT2D eigenvalue weighted by Gasteiger charge is -2.14. The summed E-state index contributed by atoms with van der Waals surface area (Å²) < 4.78 is 10.6. The third kappa shape index (κ3) is 27.3. The number of aliphatic carboxylic acids is 1. The number of rotatable bonds is 33. The summed E-state index contributed by atoms with van der Waals surface area (Å²) in [5.41, 5.74) is 0. The van der Waals surface area contributed by atoms with Gasteiger partial charge in [0, 0.05) is 38.9 Å². The second-order valence-corrected chi connectivity index (χ2v) is 12.3. The van der Waals surface area contributed by atoms with E-state index in [2.05, 4.69) is 57.8 Å². The Morgan fingerprint density at radius 1 is 0.673 bits per heavy atom. The number of aromatic amines is 1. The molecule has 1 heterocycles. The summed E-state index contributed by atoms with van der Waals surface area (Å²) in [4.78, 5) is 58.7. The Bertz CT molecular complexity index is 1030. The molecule has 0 aliphatic carbocycles. The summed E-state index contributed by atoms with van der Waals surface area (Å²) in [6.07, 6.45) is 16.0. The second kappa shape index (κ2) is 30.8. The van der Waals surface area contributed by atoms with Crippen LogP contribution >= 0.6 is 15.9 Å². The molecule has 1 atom stereocenters. The molecule has 0 fully saturated rings. The third-order valence-corrected chi connectivity index (χ3v) is 8.06. The molecule has 49 heavy (non-hydrogen) atoms. The van der Waals surface area contributed by atoms with Gasteiger partial charge in [-0.2, -0.15) is 5.21 Å². The Balaban J connectivity index is 1.92. The Kier molecular flexibility index (Phi) is 27.6. The van der Waals surface area contributed by atoms with Crippen molar-refractivity contribution in [1.82, 2.24) is 41.9 Å². The van der Waals surface area contributed by atoms with Gasteiger partial charge in [0.15, 0.2) is 5.82 Å². The van der Waals surface area contributed by atoms with Crippen LogP contribution in [-0.2, 0) is 39.9 Å². The van der Waals surface area contributed by atoms with Crippen LogP contribution < -0.4 is 21.3 Å². The minimum absolute atomic E-state index is 0.00589. The van der Waals surface area contributed by atoms with Gasteiger partial charge in [-0.25, -0.2) is 4.79 Å². The highest BCUT2D eigenvalue weighted by Gasteiger charge is 2.20. The van der Waals surface area contributed by atoms with Crippen LogP contribution in [0.5, 0.6) is 0 Å². The number of tetrazole rings is 1. The van der Waals surface area contributed by atoms with Gasteiger partial charge in [0.1, 0.15) is 12.6 Å². The lowest BCUT2D eigenvalue weighted by Crippen LogP contribution is -2.41. The van der Waals surface area contributed by atoms with Crippen LogP contribution in [0.3, 0.4) is 0 Å². The van der Waals surface area contributed by atoms with Gasteiger partial charge in [-0.15, -0.1) is 10.2 Å². The zero-order chi connectivity index (χ0) is 35.8. The lowest BCUT2D eigenvalue weighted by molar-refractivity contribution is -0.142. The number of carboxylic acids is 1. The van der Waals surface area contributed by atoms with Crippen LogP contribution in [0.25, 0.3) is 0 Å². The van der Waals surface area contributed by atoms with Crippen LogP contribution in [-0.4, -0.2) is 113 Å². The number of carboxylic acid groups (broad SMARTS) is 1. The van der Waals surface area contributed by atoms with Gasteiger partial charge in [0.2, 0.25) is 23.6 Å². The van der Waals surface area contributed by atoms with E-state index in [1.54, 1.807) is 0 Å². The summed E-state index contributed by atoms with van der Waals surface area (Å²) in [6.45, 7) is 1.35. The first kappa shape index (κ1) is 43.8. The van der Waals surface area contributed by atoms with E-state index in [1.165, 1.54) is 51.4 Å². The molecule has 0 unspecified atom stereocenters. The van der Waals surface area contributed by atoms with Crippen molar-refractivity contribution in [3.63, 3.8) is 0 Å². The average Bonchev–Trinajstić information content (AvgIpc) is 3.61. The summed E-state index contributed by atoms with van der Waals surface area (Å²) in [5, 5.41) is 34.0. The molecule has 0 spiro atoms. The van der Waals surface area contributed by atoms with Gasteiger partial charge < -0.3 is 35.8 Å². The molecule has 0 saturated heterocycles. The fourth-order valence-corrected chi connectivity index (χ4v) is 5.04. The fraction of sp³-hybridized carbons (Fsp3) is 0.812. The number of aromatic nitrogens is 4. The number of ether oxygens (including phenoxy) is 2. The van der Waals surface area contributed by atoms with E-state index in [4.69, 9.17) is 9.47 Å². The van der Waals surface area contributed by atoms with E-state index in [-0.39, 0.29) is 81.2 Å². The number of nitrogens with zero attached hydrogens (tertiary/aromatic N) is 3. The first-order valence-electron chi connectivity index (χ1n) is 17.6. The Labute approximate surface area is 297 Å². The number of aryl methyl sites for hydroxylation is 1. The average molecular weight is 762 g/mol. The minimum Gasteiger partial charge on any atom is -0.480 e. The highest BCUT2D eigenvalue weighted by molar-refractivity contribution is 9.09. The summed E-state index contributed by atoms with van der Waals surface area (Å²) >= 11 is 3.03. The smallest absolute Gasteiger partial charge is 0.326 e. The maximum Gasteiger partial charge on any atom is 0.326 e. The van der Waals surface area contributed by atoms with Crippen molar-refractivity contribution in [2.45, 2.75) is 115 Å². The van der Waals surface area contributed by atoms with Gasteiger partial charge >= 0.3 is 5.97 Å². The van der Waals surface area contributed by atoms with Gasteiger partial charge in [-0.3, -0.25) is 19.2 Å². The number of nitrogens with one attached hydrogen (secondary N) is 5. The molecule has 1 rings (SSSR count). The molecule has 4 amide bonds. The molecule has 0 saturated carbocycles. The quantitative estimate of drug-likeness (QED) is 0.0450. The third-order valence-electron chi connectivity index (χ3n) is 7.55. The van der Waals surface area contributed by atoms with E-state index in [9.17, 15) is 29.1 Å². The van der Waals surface area contributed by atoms with Gasteiger partial charge in [0.25, 0.3) is 0 Å². The number of carbonyl (C=O) groups excluding carboxylic acids is 4. The zero-order valence-electron chi connectivity index (χ0n) is 28.8. The molecule has 16 nitrogen and oxygen atoms in total. The molecule has 6 N–H and O–H groups in total. The van der Waals surface area contributed by atoms with Crippen LogP contribution in [0.1, 0.15) is 109 Å². The first-order chi connectivity index (χ1) is 23.8. The number of alkyl halides is 1. The van der Waals surface area contributed by atoms with Gasteiger partial charge in [0.05, 0.1) is 25.2 Å². The van der Waals surface area contributed by atoms with Crippen molar-refractivity contribution < 1.29 is 38.6 Å². The topological polar surface area (TPSA) is 227 Å². The number of carbonyl (C=O) groups is 5. The number of amides is 4. The molecule has 0 bridgehead atoms. The Hall–Kier alpha value is -3.18. The van der Waals surface area contributed by atoms with E-state index in [0.717, 1.165) is 37.9 Å². The molecule has 0 aliphatic heterocycles. The maximum atomic E-state index is 12.3. The number of hydrogen-bond donors (Lipinski definition) is 6. The van der Waals surface area contributed by atoms with Crippen molar-refractivity contribution in [1.29, 1.82) is 0 Å². The highest BCUT2D eigenvalue weighted by atomic mass is 79.9.